The molecule has 1 saturated heterocycles. The van der Waals surface area contributed by atoms with Gasteiger partial charge in [0.15, 0.2) is 12.2 Å². The number of piperazine rings is 1. The summed E-state index contributed by atoms with van der Waals surface area (Å²) in [6, 6.07) is 13.7. The third-order valence-corrected chi connectivity index (χ3v) is 4.39. The van der Waals surface area contributed by atoms with Crippen molar-refractivity contribution in [1.82, 2.24) is 14.9 Å². The summed E-state index contributed by atoms with van der Waals surface area (Å²) >= 11 is 0. The average Bonchev–Trinajstić information content (AvgIpc) is 3.10. The zero-order chi connectivity index (χ0) is 17.9. The van der Waals surface area contributed by atoms with Crippen LogP contribution in [0.1, 0.15) is 5.69 Å². The second-order valence-electron chi connectivity index (χ2n) is 6.24. The van der Waals surface area contributed by atoms with Gasteiger partial charge < -0.3 is 19.0 Å². The van der Waals surface area contributed by atoms with Crippen molar-refractivity contribution < 1.29 is 13.9 Å². The number of hydrogen-bond acceptors (Lipinski definition) is 6. The Hall–Kier alpha value is -3.09. The van der Waals surface area contributed by atoms with Gasteiger partial charge in [0.2, 0.25) is 5.65 Å². The molecule has 1 aliphatic heterocycles. The molecule has 1 aliphatic rings. The summed E-state index contributed by atoms with van der Waals surface area (Å²) in [6.45, 7) is 4.54. The van der Waals surface area contributed by atoms with E-state index in [9.17, 15) is 4.79 Å². The van der Waals surface area contributed by atoms with E-state index in [2.05, 4.69) is 9.97 Å². The van der Waals surface area contributed by atoms with Gasteiger partial charge in [-0.2, -0.15) is 4.98 Å². The van der Waals surface area contributed by atoms with Crippen LogP contribution < -0.4 is 9.64 Å². The number of carbonyl (C=O) groups is 1. The largest absolute Gasteiger partial charge is 0.484 e. The van der Waals surface area contributed by atoms with E-state index in [4.69, 9.17) is 9.15 Å². The number of hydrogen-bond donors (Lipinski definition) is 0. The molecule has 0 radical (unpaired) electrons. The van der Waals surface area contributed by atoms with Gasteiger partial charge in [-0.15, -0.1) is 0 Å². The van der Waals surface area contributed by atoms with Gasteiger partial charge >= 0.3 is 0 Å². The van der Waals surface area contributed by atoms with E-state index in [0.29, 0.717) is 49.2 Å². The molecular formula is C19H20N4O3. The first-order valence-electron chi connectivity index (χ1n) is 8.64. The fourth-order valence-electron chi connectivity index (χ4n) is 2.94. The Balaban J connectivity index is 1.33. The van der Waals surface area contributed by atoms with Crippen molar-refractivity contribution in [1.29, 1.82) is 0 Å². The van der Waals surface area contributed by atoms with E-state index in [1.807, 2.05) is 59.2 Å². The Morgan fingerprint density at radius 1 is 1.08 bits per heavy atom. The first-order chi connectivity index (χ1) is 12.7. The Kier molecular flexibility index (Phi) is 4.43. The molecule has 1 aromatic carbocycles. The minimum Gasteiger partial charge on any atom is -0.484 e. The lowest BCUT2D eigenvalue weighted by Crippen LogP contribution is -2.50. The van der Waals surface area contributed by atoms with Crippen LogP contribution in [0.3, 0.4) is 0 Å². The van der Waals surface area contributed by atoms with Gasteiger partial charge in [0.25, 0.3) is 11.9 Å². The molecule has 4 rings (SSSR count). The summed E-state index contributed by atoms with van der Waals surface area (Å²) in [5.41, 5.74) is 2.21. The number of nitrogens with zero attached hydrogens (tertiary/aromatic N) is 4. The van der Waals surface area contributed by atoms with E-state index in [-0.39, 0.29) is 12.5 Å². The van der Waals surface area contributed by atoms with Crippen LogP contribution in [-0.4, -0.2) is 53.6 Å². The molecule has 3 heterocycles. The molecule has 2 aromatic heterocycles. The van der Waals surface area contributed by atoms with E-state index >= 15 is 0 Å². The summed E-state index contributed by atoms with van der Waals surface area (Å²) in [4.78, 5) is 25.0. The zero-order valence-corrected chi connectivity index (χ0v) is 14.6. The van der Waals surface area contributed by atoms with Crippen LogP contribution in [-0.2, 0) is 4.79 Å². The summed E-state index contributed by atoms with van der Waals surface area (Å²) < 4.78 is 11.3. The lowest BCUT2D eigenvalue weighted by Gasteiger charge is -2.33. The Bertz CT molecular complexity index is 902. The smallest absolute Gasteiger partial charge is 0.300 e. The highest BCUT2D eigenvalue weighted by atomic mass is 16.5. The van der Waals surface area contributed by atoms with Crippen LogP contribution in [0, 0.1) is 6.92 Å². The van der Waals surface area contributed by atoms with Crippen LogP contribution in [0.25, 0.3) is 11.2 Å². The molecule has 3 aromatic rings. The van der Waals surface area contributed by atoms with Crippen molar-refractivity contribution in [2.45, 2.75) is 6.92 Å². The third kappa shape index (κ3) is 3.46. The van der Waals surface area contributed by atoms with E-state index in [1.54, 1.807) is 0 Å². The Labute approximate surface area is 151 Å². The molecule has 0 bridgehead atoms. The molecule has 134 valence electrons. The van der Waals surface area contributed by atoms with Crippen molar-refractivity contribution in [2.24, 2.45) is 0 Å². The minimum atomic E-state index is -0.0108. The molecule has 1 fully saturated rings. The molecule has 7 heteroatoms. The number of aryl methyl sites for hydroxylation is 1. The standard InChI is InChI=1S/C19H20N4O3/c1-14-7-8-16-18(20-14)21-19(26-16)23-11-9-22(10-12-23)17(24)13-25-15-5-3-2-4-6-15/h2-8H,9-13H2,1H3. The molecule has 0 saturated carbocycles. The number of fused-ring (bicyclic) bond motifs is 1. The number of anilines is 1. The van der Waals surface area contributed by atoms with Crippen LogP contribution in [0.4, 0.5) is 6.01 Å². The minimum absolute atomic E-state index is 0.0108. The molecule has 7 nitrogen and oxygen atoms in total. The fraction of sp³-hybridized carbons (Fsp3) is 0.316. The van der Waals surface area contributed by atoms with Crippen LogP contribution in [0.5, 0.6) is 5.75 Å². The number of oxazole rings is 1. The van der Waals surface area contributed by atoms with Crippen LogP contribution in [0.15, 0.2) is 46.9 Å². The number of benzene rings is 1. The third-order valence-electron chi connectivity index (χ3n) is 4.39. The number of ether oxygens (including phenoxy) is 1. The molecule has 26 heavy (non-hydrogen) atoms. The maximum Gasteiger partial charge on any atom is 0.300 e. The molecule has 0 aliphatic carbocycles. The maximum atomic E-state index is 12.3. The highest BCUT2D eigenvalue weighted by Crippen LogP contribution is 2.22. The first kappa shape index (κ1) is 16.4. The second kappa shape index (κ2) is 7.03. The molecule has 0 N–H and O–H groups in total. The topological polar surface area (TPSA) is 71.7 Å². The molecule has 0 spiro atoms. The van der Waals surface area contributed by atoms with Crippen molar-refractivity contribution in [3.05, 3.63) is 48.2 Å². The summed E-state index contributed by atoms with van der Waals surface area (Å²) in [7, 11) is 0. The van der Waals surface area contributed by atoms with Gasteiger partial charge in [0.05, 0.1) is 0 Å². The predicted molar refractivity (Wildman–Crippen MR) is 97.3 cm³/mol. The predicted octanol–water partition coefficient (Wildman–Crippen LogP) is 2.26. The van der Waals surface area contributed by atoms with Crippen molar-refractivity contribution in [2.75, 3.05) is 37.7 Å². The summed E-state index contributed by atoms with van der Waals surface area (Å²) in [5.74, 6) is 0.692. The van der Waals surface area contributed by atoms with Gasteiger partial charge in [-0.05, 0) is 31.2 Å². The Morgan fingerprint density at radius 3 is 2.62 bits per heavy atom. The highest BCUT2D eigenvalue weighted by molar-refractivity contribution is 5.78. The number of amides is 1. The monoisotopic (exact) mass is 352 g/mol. The fourth-order valence-corrected chi connectivity index (χ4v) is 2.94. The van der Waals surface area contributed by atoms with Gasteiger partial charge in [0, 0.05) is 31.9 Å². The van der Waals surface area contributed by atoms with Gasteiger partial charge in [-0.1, -0.05) is 18.2 Å². The number of rotatable bonds is 4. The summed E-state index contributed by atoms with van der Waals surface area (Å²) in [6.07, 6.45) is 0. The summed E-state index contributed by atoms with van der Waals surface area (Å²) in [5, 5.41) is 0. The number of pyridine rings is 1. The average molecular weight is 352 g/mol. The number of carbonyl (C=O) groups excluding carboxylic acids is 1. The van der Waals surface area contributed by atoms with Crippen molar-refractivity contribution in [3.8, 4) is 5.75 Å². The SMILES string of the molecule is Cc1ccc2oc(N3CCN(C(=O)COc4ccccc4)CC3)nc2n1. The van der Waals surface area contributed by atoms with Gasteiger partial charge in [0.1, 0.15) is 5.75 Å². The quantitative estimate of drug-likeness (QED) is 0.717. The highest BCUT2D eigenvalue weighted by Gasteiger charge is 2.24. The van der Waals surface area contributed by atoms with Crippen molar-refractivity contribution >= 4 is 23.2 Å². The van der Waals surface area contributed by atoms with Crippen LogP contribution >= 0.6 is 0 Å². The number of para-hydroxylation sites is 1. The van der Waals surface area contributed by atoms with E-state index in [1.165, 1.54) is 0 Å². The molecular weight excluding hydrogens is 332 g/mol. The van der Waals surface area contributed by atoms with Gasteiger partial charge in [-0.25, -0.2) is 4.98 Å². The van der Waals surface area contributed by atoms with E-state index in [0.717, 1.165) is 5.69 Å². The van der Waals surface area contributed by atoms with Crippen molar-refractivity contribution in [3.63, 3.8) is 0 Å². The molecule has 0 atom stereocenters. The zero-order valence-electron chi connectivity index (χ0n) is 14.6. The normalized spacial score (nSPS) is 14.7. The first-order valence-corrected chi connectivity index (χ1v) is 8.64. The maximum absolute atomic E-state index is 12.3. The van der Waals surface area contributed by atoms with Crippen LogP contribution in [0.2, 0.25) is 0 Å². The molecule has 0 unspecified atom stereocenters. The van der Waals surface area contributed by atoms with E-state index < -0.39 is 0 Å². The van der Waals surface area contributed by atoms with Gasteiger partial charge in [-0.3, -0.25) is 4.79 Å². The lowest BCUT2D eigenvalue weighted by atomic mass is 10.3. The Morgan fingerprint density at radius 2 is 1.85 bits per heavy atom. The lowest BCUT2D eigenvalue weighted by molar-refractivity contribution is -0.133. The second-order valence-corrected chi connectivity index (χ2v) is 6.24. The number of aromatic nitrogens is 2. The molecule has 1 amide bonds.